The predicted octanol–water partition coefficient (Wildman–Crippen LogP) is 5.23. The van der Waals surface area contributed by atoms with Crippen LogP contribution in [0.3, 0.4) is 0 Å². The molecule has 3 aromatic rings. The number of hydrogen-bond acceptors (Lipinski definition) is 5. The molecule has 5 heteroatoms. The lowest BCUT2D eigenvalue weighted by atomic mass is 9.86. The van der Waals surface area contributed by atoms with Crippen LogP contribution < -0.4 is 5.32 Å². The highest BCUT2D eigenvalue weighted by molar-refractivity contribution is 5.58. The number of rotatable bonds is 6. The maximum absolute atomic E-state index is 9.45. The van der Waals surface area contributed by atoms with Crippen LogP contribution in [0.4, 0.5) is 5.88 Å². The van der Waals surface area contributed by atoms with Gasteiger partial charge in [0.1, 0.15) is 6.07 Å². The van der Waals surface area contributed by atoms with Crippen LogP contribution in [0.15, 0.2) is 59.0 Å². The highest BCUT2D eigenvalue weighted by Gasteiger charge is 2.20. The van der Waals surface area contributed by atoms with E-state index >= 15 is 0 Å². The van der Waals surface area contributed by atoms with Crippen LogP contribution >= 0.6 is 0 Å². The van der Waals surface area contributed by atoms with E-state index in [9.17, 15) is 5.26 Å². The molecule has 0 saturated carbocycles. The Morgan fingerprint density at radius 2 is 1.72 bits per heavy atom. The average molecular weight is 389 g/mol. The Balaban J connectivity index is 1.79. The van der Waals surface area contributed by atoms with Crippen LogP contribution in [0.2, 0.25) is 0 Å². The molecule has 0 bridgehead atoms. The first-order chi connectivity index (χ1) is 13.8. The molecule has 29 heavy (non-hydrogen) atoms. The van der Waals surface area contributed by atoms with Crippen molar-refractivity contribution in [1.82, 2.24) is 9.88 Å². The summed E-state index contributed by atoms with van der Waals surface area (Å²) in [6, 6.07) is 20.6. The number of benzene rings is 2. The topological polar surface area (TPSA) is 65.1 Å². The number of hydrogen-bond donors (Lipinski definition) is 1. The molecule has 0 aliphatic rings. The molecular formula is C24H28N4O. The van der Waals surface area contributed by atoms with E-state index in [-0.39, 0.29) is 17.2 Å². The van der Waals surface area contributed by atoms with Gasteiger partial charge in [-0.2, -0.15) is 10.2 Å². The van der Waals surface area contributed by atoms with Crippen LogP contribution in [-0.2, 0) is 5.41 Å². The molecule has 1 N–H and O–H groups in total. The predicted molar refractivity (Wildman–Crippen MR) is 117 cm³/mol. The van der Waals surface area contributed by atoms with E-state index < -0.39 is 0 Å². The van der Waals surface area contributed by atoms with Crippen molar-refractivity contribution in [1.29, 1.82) is 5.26 Å². The second-order valence-electron chi connectivity index (χ2n) is 8.41. The van der Waals surface area contributed by atoms with Crippen molar-refractivity contribution in [3.8, 4) is 17.5 Å². The standard InChI is InChI=1S/C24H28N4O/c1-24(2,3)19-13-11-17(12-14-19)21(28(4)5)16-26-23-20(15-25)27-22(29-23)18-9-7-6-8-10-18/h6-14,21,26H,16H2,1-5H3. The van der Waals surface area contributed by atoms with Gasteiger partial charge in [0, 0.05) is 12.1 Å². The van der Waals surface area contributed by atoms with Gasteiger partial charge in [0.25, 0.3) is 0 Å². The maximum atomic E-state index is 9.45. The zero-order valence-electron chi connectivity index (χ0n) is 17.7. The normalized spacial score (nSPS) is 12.6. The van der Waals surface area contributed by atoms with E-state index in [0.717, 1.165) is 5.56 Å². The summed E-state index contributed by atoms with van der Waals surface area (Å²) >= 11 is 0. The molecular weight excluding hydrogens is 360 g/mol. The van der Waals surface area contributed by atoms with Gasteiger partial charge in [0.15, 0.2) is 0 Å². The number of nitriles is 1. The third kappa shape index (κ3) is 4.85. The van der Waals surface area contributed by atoms with Gasteiger partial charge < -0.3 is 14.6 Å². The molecule has 0 saturated heterocycles. The lowest BCUT2D eigenvalue weighted by molar-refractivity contribution is 0.310. The zero-order valence-corrected chi connectivity index (χ0v) is 17.7. The quantitative estimate of drug-likeness (QED) is 0.627. The van der Waals surface area contributed by atoms with Gasteiger partial charge in [-0.15, -0.1) is 0 Å². The average Bonchev–Trinajstić information content (AvgIpc) is 3.11. The van der Waals surface area contributed by atoms with Gasteiger partial charge in [-0.3, -0.25) is 0 Å². The largest absolute Gasteiger partial charge is 0.419 e. The molecule has 0 amide bonds. The van der Waals surface area contributed by atoms with Gasteiger partial charge in [0.2, 0.25) is 17.5 Å². The molecule has 1 atom stereocenters. The third-order valence-electron chi connectivity index (χ3n) is 4.99. The summed E-state index contributed by atoms with van der Waals surface area (Å²) in [5, 5.41) is 12.7. The first kappa shape index (κ1) is 20.6. The Labute approximate surface area is 173 Å². The summed E-state index contributed by atoms with van der Waals surface area (Å²) in [6.45, 7) is 7.24. The SMILES string of the molecule is CN(C)C(CNc1oc(-c2ccccc2)nc1C#N)c1ccc(C(C)(C)C)cc1. The molecule has 2 aromatic carbocycles. The molecule has 0 radical (unpaired) electrons. The van der Waals surface area contributed by atoms with Crippen molar-refractivity contribution >= 4 is 5.88 Å². The molecule has 150 valence electrons. The number of nitrogens with one attached hydrogen (secondary N) is 1. The summed E-state index contributed by atoms with van der Waals surface area (Å²) in [4.78, 5) is 6.48. The van der Waals surface area contributed by atoms with Gasteiger partial charge in [-0.1, -0.05) is 63.2 Å². The minimum atomic E-state index is 0.125. The van der Waals surface area contributed by atoms with Gasteiger partial charge in [-0.05, 0) is 42.8 Å². The van der Waals surface area contributed by atoms with Gasteiger partial charge in [-0.25, -0.2) is 0 Å². The number of nitrogens with zero attached hydrogens (tertiary/aromatic N) is 3. The summed E-state index contributed by atoms with van der Waals surface area (Å²) in [6.07, 6.45) is 0. The van der Waals surface area contributed by atoms with E-state index in [1.165, 1.54) is 11.1 Å². The molecule has 0 fully saturated rings. The number of aromatic nitrogens is 1. The van der Waals surface area contributed by atoms with E-state index in [2.05, 4.69) is 66.3 Å². The first-order valence-electron chi connectivity index (χ1n) is 9.76. The summed E-state index contributed by atoms with van der Waals surface area (Å²) in [5.41, 5.74) is 3.75. The van der Waals surface area contributed by atoms with E-state index in [1.807, 2.05) is 44.4 Å². The molecule has 1 unspecified atom stereocenters. The highest BCUT2D eigenvalue weighted by Crippen LogP contribution is 2.28. The van der Waals surface area contributed by atoms with Crippen molar-refractivity contribution in [2.75, 3.05) is 26.0 Å². The Morgan fingerprint density at radius 3 is 2.28 bits per heavy atom. The van der Waals surface area contributed by atoms with Crippen molar-refractivity contribution in [3.05, 3.63) is 71.4 Å². The third-order valence-corrected chi connectivity index (χ3v) is 4.99. The molecule has 1 heterocycles. The highest BCUT2D eigenvalue weighted by atomic mass is 16.4. The van der Waals surface area contributed by atoms with E-state index in [0.29, 0.717) is 18.3 Å². The van der Waals surface area contributed by atoms with Crippen molar-refractivity contribution in [2.24, 2.45) is 0 Å². The maximum Gasteiger partial charge on any atom is 0.232 e. The van der Waals surface area contributed by atoms with Crippen molar-refractivity contribution < 1.29 is 4.42 Å². The molecule has 5 nitrogen and oxygen atoms in total. The number of anilines is 1. The fraction of sp³-hybridized carbons (Fsp3) is 0.333. The fourth-order valence-corrected chi connectivity index (χ4v) is 3.21. The Kier molecular flexibility index (Phi) is 6.05. The summed E-state index contributed by atoms with van der Waals surface area (Å²) < 4.78 is 5.86. The van der Waals surface area contributed by atoms with Gasteiger partial charge in [0.05, 0.1) is 6.04 Å². The minimum Gasteiger partial charge on any atom is -0.419 e. The zero-order chi connectivity index (χ0) is 21.0. The smallest absolute Gasteiger partial charge is 0.232 e. The Bertz CT molecular complexity index is 976. The molecule has 1 aromatic heterocycles. The van der Waals surface area contributed by atoms with Gasteiger partial charge >= 0.3 is 0 Å². The monoisotopic (exact) mass is 388 g/mol. The molecule has 0 spiro atoms. The van der Waals surface area contributed by atoms with Crippen molar-refractivity contribution in [2.45, 2.75) is 32.2 Å². The lowest BCUT2D eigenvalue weighted by Crippen LogP contribution is -2.27. The second kappa shape index (κ2) is 8.50. The number of oxazole rings is 1. The van der Waals surface area contributed by atoms with Crippen LogP contribution in [0, 0.1) is 11.3 Å². The lowest BCUT2D eigenvalue weighted by Gasteiger charge is -2.26. The second-order valence-corrected chi connectivity index (χ2v) is 8.41. The fourth-order valence-electron chi connectivity index (χ4n) is 3.21. The van der Waals surface area contributed by atoms with Crippen LogP contribution in [-0.4, -0.2) is 30.5 Å². The van der Waals surface area contributed by atoms with Crippen molar-refractivity contribution in [3.63, 3.8) is 0 Å². The molecule has 0 aliphatic heterocycles. The summed E-state index contributed by atoms with van der Waals surface area (Å²) in [7, 11) is 4.09. The van der Waals surface area contributed by atoms with E-state index in [4.69, 9.17) is 4.42 Å². The van der Waals surface area contributed by atoms with Crippen LogP contribution in [0.25, 0.3) is 11.5 Å². The molecule has 0 aliphatic carbocycles. The summed E-state index contributed by atoms with van der Waals surface area (Å²) in [5.74, 6) is 0.852. The molecule has 3 rings (SSSR count). The first-order valence-corrected chi connectivity index (χ1v) is 9.76. The van der Waals surface area contributed by atoms with Crippen LogP contribution in [0.1, 0.15) is 43.6 Å². The minimum absolute atomic E-state index is 0.125. The Hall–Kier alpha value is -3.10. The Morgan fingerprint density at radius 1 is 1.07 bits per heavy atom. The number of likely N-dealkylation sites (N-methyl/N-ethyl adjacent to an activating group) is 1. The van der Waals surface area contributed by atoms with Crippen LogP contribution in [0.5, 0.6) is 0 Å². The van der Waals surface area contributed by atoms with E-state index in [1.54, 1.807) is 0 Å².